The molecule has 0 aromatic carbocycles. The van der Waals surface area contributed by atoms with E-state index in [0.29, 0.717) is 6.54 Å². The molecule has 0 spiro atoms. The maximum Gasteiger partial charge on any atom is 0.410 e. The Bertz CT molecular complexity index is 217. The smallest absolute Gasteiger partial charge is 0.410 e. The molecule has 0 aromatic heterocycles. The topological polar surface area (TPSA) is 75.8 Å². The lowest BCUT2D eigenvalue weighted by molar-refractivity contribution is 0.0270. The predicted octanol–water partition coefficient (Wildman–Crippen LogP) is 1.98. The zero-order valence-electron chi connectivity index (χ0n) is 12.9. The van der Waals surface area contributed by atoms with Crippen LogP contribution >= 0.6 is 0 Å². The highest BCUT2D eigenvalue weighted by Crippen LogP contribution is 2.14. The van der Waals surface area contributed by atoms with Crippen molar-refractivity contribution < 1.29 is 14.6 Å². The first-order valence-electron chi connectivity index (χ1n) is 6.71. The van der Waals surface area contributed by atoms with Gasteiger partial charge in [0.2, 0.25) is 0 Å². The van der Waals surface area contributed by atoms with Gasteiger partial charge in [-0.1, -0.05) is 27.7 Å². The quantitative estimate of drug-likeness (QED) is 0.700. The second kappa shape index (κ2) is 9.16. The summed E-state index contributed by atoms with van der Waals surface area (Å²) >= 11 is 0. The van der Waals surface area contributed by atoms with E-state index >= 15 is 0 Å². The molecule has 5 heteroatoms. The zero-order chi connectivity index (χ0) is 14.9. The predicted molar refractivity (Wildman–Crippen MR) is 74.5 cm³/mol. The molecular weight excluding hydrogens is 232 g/mol. The minimum atomic E-state index is -0.637. The Morgan fingerprint density at radius 1 is 1.22 bits per heavy atom. The van der Waals surface area contributed by atoms with Crippen LogP contribution in [0.15, 0.2) is 0 Å². The van der Waals surface area contributed by atoms with Crippen LogP contribution < -0.4 is 5.73 Å². The number of hydrogen-bond donors (Lipinski definition) is 2. The number of carbonyl (C=O) groups is 1. The highest BCUT2D eigenvalue weighted by molar-refractivity contribution is 5.68. The summed E-state index contributed by atoms with van der Waals surface area (Å²) in [5.74, 6) is 0. The molecule has 3 N–H and O–H groups in total. The Labute approximate surface area is 111 Å². The minimum absolute atomic E-state index is 0.260. The number of nitrogens with zero attached hydrogens (tertiary/aromatic N) is 1. The Hall–Kier alpha value is -0.810. The summed E-state index contributed by atoms with van der Waals surface area (Å²) in [5, 5.41) is 9.34. The number of hydrogen-bond acceptors (Lipinski definition) is 4. The van der Waals surface area contributed by atoms with Gasteiger partial charge in [0.15, 0.2) is 0 Å². The number of aliphatic hydroxyl groups excluding tert-OH is 1. The number of aliphatic hydroxyl groups is 1. The van der Waals surface area contributed by atoms with Crippen molar-refractivity contribution in [3.63, 3.8) is 0 Å². The van der Waals surface area contributed by atoms with Crippen LogP contribution in [-0.2, 0) is 4.74 Å². The molecule has 2 atom stereocenters. The highest BCUT2D eigenvalue weighted by atomic mass is 16.6. The normalized spacial score (nSPS) is 22.4. The van der Waals surface area contributed by atoms with Crippen molar-refractivity contribution in [3.8, 4) is 0 Å². The number of amides is 1. The van der Waals surface area contributed by atoms with Crippen LogP contribution in [0.25, 0.3) is 0 Å². The van der Waals surface area contributed by atoms with Crippen LogP contribution in [0.2, 0.25) is 0 Å². The third-order valence-electron chi connectivity index (χ3n) is 1.98. The Morgan fingerprint density at radius 2 is 1.67 bits per heavy atom. The molecule has 2 unspecified atom stereocenters. The van der Waals surface area contributed by atoms with E-state index < -0.39 is 17.8 Å². The fraction of sp³-hybridized carbons (Fsp3) is 0.923. The van der Waals surface area contributed by atoms with Gasteiger partial charge in [-0.05, 0) is 20.8 Å². The zero-order valence-corrected chi connectivity index (χ0v) is 12.9. The van der Waals surface area contributed by atoms with E-state index in [4.69, 9.17) is 10.5 Å². The Balaban J connectivity index is 0. The summed E-state index contributed by atoms with van der Waals surface area (Å²) in [6, 6.07) is -0.359. The molecule has 1 heterocycles. The van der Waals surface area contributed by atoms with Crippen molar-refractivity contribution >= 4 is 6.09 Å². The number of β-amino-alcohol motifs (C(OH)–C–C–N with tert-alkyl or cyclic N) is 1. The molecule has 0 aromatic rings. The molecule has 0 radical (unpaired) electrons. The second-order valence-corrected chi connectivity index (χ2v) is 4.62. The van der Waals surface area contributed by atoms with Gasteiger partial charge in [0, 0.05) is 6.54 Å². The van der Waals surface area contributed by atoms with Gasteiger partial charge in [-0.15, -0.1) is 0 Å². The van der Waals surface area contributed by atoms with Gasteiger partial charge in [0.25, 0.3) is 0 Å². The van der Waals surface area contributed by atoms with Crippen molar-refractivity contribution in [2.45, 2.75) is 66.2 Å². The lowest BCUT2D eigenvalue weighted by Crippen LogP contribution is -2.36. The summed E-state index contributed by atoms with van der Waals surface area (Å²) in [7, 11) is 0. The van der Waals surface area contributed by atoms with Crippen LogP contribution in [0.5, 0.6) is 0 Å². The maximum absolute atomic E-state index is 11.5. The van der Waals surface area contributed by atoms with Crippen LogP contribution in [0.1, 0.15) is 48.5 Å². The number of likely N-dealkylation sites (tertiary alicyclic amines) is 1. The fourth-order valence-corrected chi connectivity index (χ4v) is 1.29. The van der Waals surface area contributed by atoms with Gasteiger partial charge in [0.05, 0.1) is 18.7 Å². The molecule has 0 saturated carbocycles. The minimum Gasteiger partial charge on any atom is -0.444 e. The van der Waals surface area contributed by atoms with Crippen molar-refractivity contribution in [2.75, 3.05) is 13.1 Å². The van der Waals surface area contributed by atoms with Crippen molar-refractivity contribution in [1.82, 2.24) is 4.90 Å². The average Bonchev–Trinajstić information content (AvgIpc) is 2.63. The van der Waals surface area contributed by atoms with E-state index in [-0.39, 0.29) is 12.6 Å². The number of carbonyl (C=O) groups excluding carboxylic acids is 1. The molecule has 110 valence electrons. The van der Waals surface area contributed by atoms with Gasteiger partial charge < -0.3 is 20.5 Å². The molecule has 0 bridgehead atoms. The van der Waals surface area contributed by atoms with E-state index in [1.165, 1.54) is 4.90 Å². The molecule has 1 aliphatic heterocycles. The van der Waals surface area contributed by atoms with Crippen LogP contribution in [0, 0.1) is 0 Å². The molecule has 5 nitrogen and oxygen atoms in total. The first-order valence-corrected chi connectivity index (χ1v) is 6.71. The van der Waals surface area contributed by atoms with Crippen LogP contribution in [-0.4, -0.2) is 46.9 Å². The van der Waals surface area contributed by atoms with Crippen LogP contribution in [0.3, 0.4) is 0 Å². The summed E-state index contributed by atoms with van der Waals surface area (Å²) in [6.07, 6.45) is -1.05. The van der Waals surface area contributed by atoms with Gasteiger partial charge in [-0.3, -0.25) is 0 Å². The molecule has 0 aliphatic carbocycles. The third kappa shape index (κ3) is 7.50. The molecule has 1 aliphatic rings. The maximum atomic E-state index is 11.5. The Kier molecular flexibility index (Phi) is 9.94. The molecule has 1 fully saturated rings. The second-order valence-electron chi connectivity index (χ2n) is 4.62. The number of nitrogens with two attached hydrogens (primary N) is 1. The van der Waals surface area contributed by atoms with E-state index in [9.17, 15) is 9.90 Å². The number of ether oxygens (including phenoxy) is 1. The standard InChI is InChI=1S/C9H18N2O3.2C2H6/c1-9(2,3)14-8(13)11-4-6(10)7(12)5-11;2*1-2/h6-7,12H,4-5,10H2,1-3H3;2*1-2H3. The van der Waals surface area contributed by atoms with E-state index in [0.717, 1.165) is 0 Å². The van der Waals surface area contributed by atoms with E-state index in [1.54, 1.807) is 20.8 Å². The summed E-state index contributed by atoms with van der Waals surface area (Å²) in [6.45, 7) is 14.0. The van der Waals surface area contributed by atoms with Crippen molar-refractivity contribution in [1.29, 1.82) is 0 Å². The third-order valence-corrected chi connectivity index (χ3v) is 1.98. The summed E-state index contributed by atoms with van der Waals surface area (Å²) in [4.78, 5) is 12.9. The SMILES string of the molecule is CC.CC.CC(C)(C)OC(=O)N1CC(N)C(O)C1. The van der Waals surface area contributed by atoms with Crippen molar-refractivity contribution in [2.24, 2.45) is 5.73 Å². The molecular formula is C13H30N2O3. The van der Waals surface area contributed by atoms with Gasteiger partial charge in [-0.2, -0.15) is 0 Å². The molecule has 18 heavy (non-hydrogen) atoms. The first kappa shape index (κ1) is 19.5. The summed E-state index contributed by atoms with van der Waals surface area (Å²) in [5.41, 5.74) is 5.07. The van der Waals surface area contributed by atoms with Crippen LogP contribution in [0.4, 0.5) is 4.79 Å². The van der Waals surface area contributed by atoms with Gasteiger partial charge in [0.1, 0.15) is 5.60 Å². The average molecular weight is 262 g/mol. The first-order chi connectivity index (χ1) is 8.29. The summed E-state index contributed by atoms with van der Waals surface area (Å²) < 4.78 is 5.14. The van der Waals surface area contributed by atoms with Gasteiger partial charge >= 0.3 is 6.09 Å². The molecule has 1 rings (SSSR count). The lowest BCUT2D eigenvalue weighted by atomic mass is 10.2. The number of rotatable bonds is 0. The van der Waals surface area contributed by atoms with Gasteiger partial charge in [-0.25, -0.2) is 4.79 Å². The largest absolute Gasteiger partial charge is 0.444 e. The molecule has 1 amide bonds. The van der Waals surface area contributed by atoms with Crippen molar-refractivity contribution in [3.05, 3.63) is 0 Å². The van der Waals surface area contributed by atoms with E-state index in [2.05, 4.69) is 0 Å². The highest BCUT2D eigenvalue weighted by Gasteiger charge is 2.33. The molecule has 1 saturated heterocycles. The lowest BCUT2D eigenvalue weighted by Gasteiger charge is -2.24. The Morgan fingerprint density at radius 3 is 1.94 bits per heavy atom. The van der Waals surface area contributed by atoms with E-state index in [1.807, 2.05) is 27.7 Å². The fourth-order valence-electron chi connectivity index (χ4n) is 1.29. The monoisotopic (exact) mass is 262 g/mol.